The van der Waals surface area contributed by atoms with Crippen molar-refractivity contribution in [2.75, 3.05) is 0 Å². The Labute approximate surface area is 112 Å². The van der Waals surface area contributed by atoms with Gasteiger partial charge in [-0.15, -0.1) is 0 Å². The fourth-order valence-electron chi connectivity index (χ4n) is 2.73. The number of rotatable bonds is 4. The van der Waals surface area contributed by atoms with Crippen LogP contribution in [-0.2, 0) is 0 Å². The highest BCUT2D eigenvalue weighted by molar-refractivity contribution is 5.24. The molecule has 4 heteroatoms. The van der Waals surface area contributed by atoms with Gasteiger partial charge in [0.2, 0.25) is 0 Å². The van der Waals surface area contributed by atoms with Crippen molar-refractivity contribution < 1.29 is 4.39 Å². The molecule has 2 aromatic rings. The highest BCUT2D eigenvalue weighted by atomic mass is 19.1. The van der Waals surface area contributed by atoms with Crippen LogP contribution in [0, 0.1) is 5.82 Å². The molecule has 1 unspecified atom stereocenters. The predicted molar refractivity (Wildman–Crippen MR) is 72.3 cm³/mol. The second-order valence-electron chi connectivity index (χ2n) is 5.34. The summed E-state index contributed by atoms with van der Waals surface area (Å²) in [5.74, 6) is 0.352. The van der Waals surface area contributed by atoms with Crippen LogP contribution in [0.5, 0.6) is 0 Å². The molecule has 1 heterocycles. The van der Waals surface area contributed by atoms with Crippen molar-refractivity contribution in [2.45, 2.75) is 37.8 Å². The van der Waals surface area contributed by atoms with Gasteiger partial charge in [0.25, 0.3) is 0 Å². The summed E-state index contributed by atoms with van der Waals surface area (Å²) in [4.78, 5) is 0. The summed E-state index contributed by atoms with van der Waals surface area (Å²) in [6, 6.07) is 7.78. The first-order chi connectivity index (χ1) is 9.22. The van der Waals surface area contributed by atoms with Crippen LogP contribution in [0.1, 0.15) is 42.9 Å². The van der Waals surface area contributed by atoms with Crippen molar-refractivity contribution >= 4 is 0 Å². The van der Waals surface area contributed by atoms with E-state index in [1.165, 1.54) is 11.6 Å². The van der Waals surface area contributed by atoms with E-state index in [4.69, 9.17) is 0 Å². The Balaban J connectivity index is 1.53. The first kappa shape index (κ1) is 12.4. The van der Waals surface area contributed by atoms with Gasteiger partial charge in [0.1, 0.15) is 5.82 Å². The van der Waals surface area contributed by atoms with Crippen LogP contribution in [0.25, 0.3) is 0 Å². The third-order valence-corrected chi connectivity index (χ3v) is 3.96. The summed E-state index contributed by atoms with van der Waals surface area (Å²) in [5, 5.41) is 10.4. The quantitative estimate of drug-likeness (QED) is 0.885. The Morgan fingerprint density at radius 3 is 2.95 bits per heavy atom. The standard InChI is InChI=1S/C15H18FN3/c1-10(13-8-17-18-9-13)19-15-6-12(7-15)11-3-2-4-14(16)5-11/h2-5,8-10,12,15,19H,6-7H2,1H3,(H,17,18). The van der Waals surface area contributed by atoms with E-state index in [1.807, 2.05) is 18.5 Å². The Hall–Kier alpha value is -1.68. The molecule has 3 rings (SSSR count). The second kappa shape index (κ2) is 5.13. The Morgan fingerprint density at radius 1 is 1.42 bits per heavy atom. The van der Waals surface area contributed by atoms with E-state index in [0.29, 0.717) is 18.0 Å². The minimum Gasteiger partial charge on any atom is -0.307 e. The number of aromatic amines is 1. The molecule has 1 aromatic heterocycles. The molecule has 100 valence electrons. The summed E-state index contributed by atoms with van der Waals surface area (Å²) in [5.41, 5.74) is 2.29. The lowest BCUT2D eigenvalue weighted by molar-refractivity contribution is 0.270. The number of hydrogen-bond donors (Lipinski definition) is 2. The van der Waals surface area contributed by atoms with Gasteiger partial charge in [-0.3, -0.25) is 5.10 Å². The van der Waals surface area contributed by atoms with E-state index in [0.717, 1.165) is 18.4 Å². The number of benzene rings is 1. The number of hydrogen-bond acceptors (Lipinski definition) is 2. The normalized spacial score (nSPS) is 23.9. The largest absolute Gasteiger partial charge is 0.307 e. The molecule has 19 heavy (non-hydrogen) atoms. The van der Waals surface area contributed by atoms with Gasteiger partial charge < -0.3 is 5.32 Å². The van der Waals surface area contributed by atoms with Gasteiger partial charge in [-0.25, -0.2) is 4.39 Å². The highest BCUT2D eigenvalue weighted by Crippen LogP contribution is 2.37. The molecule has 1 saturated carbocycles. The second-order valence-corrected chi connectivity index (χ2v) is 5.34. The van der Waals surface area contributed by atoms with Gasteiger partial charge in [0.15, 0.2) is 0 Å². The first-order valence-corrected chi connectivity index (χ1v) is 6.72. The Morgan fingerprint density at radius 2 is 2.26 bits per heavy atom. The van der Waals surface area contributed by atoms with Gasteiger partial charge in [-0.2, -0.15) is 5.10 Å². The van der Waals surface area contributed by atoms with E-state index < -0.39 is 0 Å². The highest BCUT2D eigenvalue weighted by Gasteiger charge is 2.31. The maximum absolute atomic E-state index is 13.2. The molecule has 2 N–H and O–H groups in total. The molecule has 1 fully saturated rings. The molecule has 0 bridgehead atoms. The number of H-pyrrole nitrogens is 1. The van der Waals surface area contributed by atoms with E-state index >= 15 is 0 Å². The summed E-state index contributed by atoms with van der Waals surface area (Å²) in [7, 11) is 0. The fraction of sp³-hybridized carbons (Fsp3) is 0.400. The van der Waals surface area contributed by atoms with Crippen LogP contribution in [0.15, 0.2) is 36.7 Å². The van der Waals surface area contributed by atoms with E-state index in [-0.39, 0.29) is 5.82 Å². The lowest BCUT2D eigenvalue weighted by Crippen LogP contribution is -2.41. The van der Waals surface area contributed by atoms with Crippen molar-refractivity contribution in [3.05, 3.63) is 53.6 Å². The number of nitrogens with zero attached hydrogens (tertiary/aromatic N) is 1. The molecule has 0 aliphatic heterocycles. The van der Waals surface area contributed by atoms with E-state index in [9.17, 15) is 4.39 Å². The molecule has 0 radical (unpaired) electrons. The van der Waals surface area contributed by atoms with Gasteiger partial charge >= 0.3 is 0 Å². The van der Waals surface area contributed by atoms with Crippen LogP contribution in [-0.4, -0.2) is 16.2 Å². The third kappa shape index (κ3) is 2.68. The molecule has 3 nitrogen and oxygen atoms in total. The van der Waals surface area contributed by atoms with E-state index in [1.54, 1.807) is 12.1 Å². The third-order valence-electron chi connectivity index (χ3n) is 3.96. The summed E-state index contributed by atoms with van der Waals surface area (Å²) >= 11 is 0. The molecular weight excluding hydrogens is 241 g/mol. The van der Waals surface area contributed by atoms with Crippen LogP contribution in [0.2, 0.25) is 0 Å². The topological polar surface area (TPSA) is 40.7 Å². The molecule has 0 saturated heterocycles. The van der Waals surface area contributed by atoms with Gasteiger partial charge in [0, 0.05) is 23.8 Å². The van der Waals surface area contributed by atoms with Crippen molar-refractivity contribution in [1.29, 1.82) is 0 Å². The summed E-state index contributed by atoms with van der Waals surface area (Å²) < 4.78 is 13.2. The van der Waals surface area contributed by atoms with Crippen LogP contribution < -0.4 is 5.32 Å². The predicted octanol–water partition coefficient (Wildman–Crippen LogP) is 3.15. The summed E-state index contributed by atoms with van der Waals surface area (Å²) in [6.07, 6.45) is 5.91. The molecule has 1 atom stereocenters. The van der Waals surface area contributed by atoms with Crippen LogP contribution >= 0.6 is 0 Å². The van der Waals surface area contributed by atoms with Crippen LogP contribution in [0.4, 0.5) is 4.39 Å². The minimum absolute atomic E-state index is 0.138. The monoisotopic (exact) mass is 259 g/mol. The van der Waals surface area contributed by atoms with Crippen LogP contribution in [0.3, 0.4) is 0 Å². The van der Waals surface area contributed by atoms with E-state index in [2.05, 4.69) is 22.4 Å². The molecule has 1 aliphatic carbocycles. The zero-order chi connectivity index (χ0) is 13.2. The smallest absolute Gasteiger partial charge is 0.123 e. The molecule has 1 aromatic carbocycles. The van der Waals surface area contributed by atoms with Gasteiger partial charge in [-0.1, -0.05) is 12.1 Å². The maximum Gasteiger partial charge on any atom is 0.123 e. The average molecular weight is 259 g/mol. The number of halogens is 1. The maximum atomic E-state index is 13.2. The lowest BCUT2D eigenvalue weighted by atomic mass is 9.75. The van der Waals surface area contributed by atoms with Gasteiger partial charge in [-0.05, 0) is 43.4 Å². The molecule has 0 spiro atoms. The fourth-order valence-corrected chi connectivity index (χ4v) is 2.73. The van der Waals surface area contributed by atoms with Crippen molar-refractivity contribution in [3.63, 3.8) is 0 Å². The lowest BCUT2D eigenvalue weighted by Gasteiger charge is -2.38. The molecule has 0 amide bonds. The van der Waals surface area contributed by atoms with Gasteiger partial charge in [0.05, 0.1) is 6.20 Å². The first-order valence-electron chi connectivity index (χ1n) is 6.72. The average Bonchev–Trinajstić information content (AvgIpc) is 2.86. The minimum atomic E-state index is -0.138. The van der Waals surface area contributed by atoms with Crippen molar-refractivity contribution in [1.82, 2.24) is 15.5 Å². The molecule has 1 aliphatic rings. The zero-order valence-electron chi connectivity index (χ0n) is 10.9. The summed E-state index contributed by atoms with van der Waals surface area (Å²) in [6.45, 7) is 2.14. The Bertz CT molecular complexity index is 532. The molecular formula is C15H18FN3. The number of nitrogens with one attached hydrogen (secondary N) is 2. The SMILES string of the molecule is CC(NC1CC(c2cccc(F)c2)C1)c1cn[nH]c1. The Kier molecular flexibility index (Phi) is 3.34. The van der Waals surface area contributed by atoms with Crippen molar-refractivity contribution in [2.24, 2.45) is 0 Å². The number of aromatic nitrogens is 2. The zero-order valence-corrected chi connectivity index (χ0v) is 10.9. The van der Waals surface area contributed by atoms with Crippen molar-refractivity contribution in [3.8, 4) is 0 Å².